The van der Waals surface area contributed by atoms with E-state index in [9.17, 15) is 15.2 Å². The molecule has 0 amide bonds. The summed E-state index contributed by atoms with van der Waals surface area (Å²) in [4.78, 5) is 19.3. The van der Waals surface area contributed by atoms with E-state index in [4.69, 9.17) is 5.73 Å². The topological polar surface area (TPSA) is 116 Å². The van der Waals surface area contributed by atoms with Crippen LogP contribution in [0.5, 0.6) is 5.75 Å². The zero-order valence-electron chi connectivity index (χ0n) is 11.5. The van der Waals surface area contributed by atoms with Gasteiger partial charge >= 0.3 is 0 Å². The van der Waals surface area contributed by atoms with Crippen LogP contribution in [0.1, 0.15) is 5.56 Å². The molecule has 8 heteroatoms. The number of hydrogen-bond acceptors (Lipinski definition) is 7. The molecule has 6 nitrogen and oxygen atoms in total. The third kappa shape index (κ3) is 1.91. The molecule has 112 valence electrons. The van der Waals surface area contributed by atoms with E-state index < -0.39 is 5.56 Å². The number of anilines is 1. The molecular formula is C15H8N4O2S2. The predicted octanol–water partition coefficient (Wildman–Crippen LogP) is 3.03. The molecule has 0 saturated heterocycles. The monoisotopic (exact) mass is 340 g/mol. The van der Waals surface area contributed by atoms with Crippen LogP contribution in [0.2, 0.25) is 0 Å². The Morgan fingerprint density at radius 3 is 2.96 bits per heavy atom. The Labute approximate surface area is 137 Å². The number of nitrogens with two attached hydrogens (primary N) is 1. The van der Waals surface area contributed by atoms with Gasteiger partial charge in [0.2, 0.25) is 0 Å². The standard InChI is InChI=1S/C15H8N4O2S2/c16-4-7-10(6-1-2-22-5-6)11-12-13(8(20)3-9(21)18-12)23-15(11)19-14(7)17/h1-3,5H,(H2,17,19)(H2,18,20,21). The van der Waals surface area contributed by atoms with Gasteiger partial charge in [-0.2, -0.15) is 16.6 Å². The molecule has 0 aromatic carbocycles. The lowest BCUT2D eigenvalue weighted by atomic mass is 10.00. The summed E-state index contributed by atoms with van der Waals surface area (Å²) < 4.78 is 0.512. The number of pyridine rings is 2. The van der Waals surface area contributed by atoms with Crippen LogP contribution in [0.3, 0.4) is 0 Å². The van der Waals surface area contributed by atoms with Crippen molar-refractivity contribution in [1.29, 1.82) is 5.26 Å². The minimum Gasteiger partial charge on any atom is -0.506 e. The van der Waals surface area contributed by atoms with Gasteiger partial charge in [0.15, 0.2) is 0 Å². The van der Waals surface area contributed by atoms with E-state index >= 15 is 0 Å². The highest BCUT2D eigenvalue weighted by Gasteiger charge is 2.21. The Morgan fingerprint density at radius 2 is 2.26 bits per heavy atom. The molecule has 0 aliphatic heterocycles. The smallest absolute Gasteiger partial charge is 0.252 e. The van der Waals surface area contributed by atoms with E-state index in [1.807, 2.05) is 16.8 Å². The Kier molecular flexibility index (Phi) is 2.87. The van der Waals surface area contributed by atoms with Gasteiger partial charge in [-0.3, -0.25) is 4.79 Å². The maximum atomic E-state index is 11.7. The van der Waals surface area contributed by atoms with E-state index in [1.54, 1.807) is 0 Å². The van der Waals surface area contributed by atoms with Crippen molar-refractivity contribution >= 4 is 48.9 Å². The second-order valence-electron chi connectivity index (χ2n) is 4.88. The van der Waals surface area contributed by atoms with Crippen LogP contribution in [-0.4, -0.2) is 15.1 Å². The summed E-state index contributed by atoms with van der Waals surface area (Å²) >= 11 is 2.72. The van der Waals surface area contributed by atoms with Crippen LogP contribution in [-0.2, 0) is 0 Å². The van der Waals surface area contributed by atoms with Crippen LogP contribution < -0.4 is 11.3 Å². The molecule has 4 N–H and O–H groups in total. The fourth-order valence-electron chi connectivity index (χ4n) is 2.61. The molecule has 0 spiro atoms. The van der Waals surface area contributed by atoms with Gasteiger partial charge < -0.3 is 15.8 Å². The van der Waals surface area contributed by atoms with Crippen LogP contribution in [0.4, 0.5) is 5.82 Å². The van der Waals surface area contributed by atoms with Gasteiger partial charge in [0.25, 0.3) is 5.56 Å². The molecule has 4 heterocycles. The summed E-state index contributed by atoms with van der Waals surface area (Å²) in [6.45, 7) is 0. The van der Waals surface area contributed by atoms with Gasteiger partial charge in [-0.15, -0.1) is 11.3 Å². The van der Waals surface area contributed by atoms with E-state index in [2.05, 4.69) is 16.0 Å². The number of H-pyrrole nitrogens is 1. The van der Waals surface area contributed by atoms with Gasteiger partial charge in [-0.1, -0.05) is 0 Å². The summed E-state index contributed by atoms with van der Waals surface area (Å²) in [6.07, 6.45) is 0. The first kappa shape index (κ1) is 13.8. The fraction of sp³-hybridized carbons (Fsp3) is 0. The zero-order valence-corrected chi connectivity index (χ0v) is 13.1. The fourth-order valence-corrected chi connectivity index (χ4v) is 4.31. The number of nitrogen functional groups attached to an aromatic ring is 1. The summed E-state index contributed by atoms with van der Waals surface area (Å²) in [7, 11) is 0. The lowest BCUT2D eigenvalue weighted by Crippen LogP contribution is -2.02. The van der Waals surface area contributed by atoms with E-state index in [-0.39, 0.29) is 17.1 Å². The van der Waals surface area contributed by atoms with Crippen molar-refractivity contribution in [3.8, 4) is 22.9 Å². The lowest BCUT2D eigenvalue weighted by molar-refractivity contribution is 0.481. The molecule has 0 bridgehead atoms. The van der Waals surface area contributed by atoms with E-state index in [0.29, 0.717) is 26.0 Å². The first-order chi connectivity index (χ1) is 11.1. The van der Waals surface area contributed by atoms with Crippen molar-refractivity contribution in [1.82, 2.24) is 9.97 Å². The van der Waals surface area contributed by atoms with Crippen LogP contribution >= 0.6 is 22.7 Å². The van der Waals surface area contributed by atoms with Crippen molar-refractivity contribution in [3.63, 3.8) is 0 Å². The Hall–Kier alpha value is -2.89. The largest absolute Gasteiger partial charge is 0.506 e. The van der Waals surface area contributed by atoms with Crippen molar-refractivity contribution < 1.29 is 5.11 Å². The Morgan fingerprint density at radius 1 is 1.43 bits per heavy atom. The number of rotatable bonds is 1. The average molecular weight is 340 g/mol. The predicted molar refractivity (Wildman–Crippen MR) is 91.9 cm³/mol. The highest BCUT2D eigenvalue weighted by atomic mass is 32.1. The summed E-state index contributed by atoms with van der Waals surface area (Å²) in [5.41, 5.74) is 7.71. The molecule has 0 unspecified atom stereocenters. The molecule has 0 fully saturated rings. The highest BCUT2D eigenvalue weighted by molar-refractivity contribution is 7.25. The summed E-state index contributed by atoms with van der Waals surface area (Å²) in [6, 6.07) is 5.10. The van der Waals surface area contributed by atoms with Gasteiger partial charge in [0.05, 0.1) is 10.2 Å². The molecule has 23 heavy (non-hydrogen) atoms. The Balaban J connectivity index is 2.33. The maximum Gasteiger partial charge on any atom is 0.252 e. The normalized spacial score (nSPS) is 11.1. The maximum absolute atomic E-state index is 11.7. The molecule has 0 radical (unpaired) electrons. The number of nitriles is 1. The van der Waals surface area contributed by atoms with Crippen molar-refractivity contribution in [2.75, 3.05) is 5.73 Å². The molecule has 0 aliphatic rings. The average Bonchev–Trinajstić information content (AvgIpc) is 3.13. The third-order valence-corrected chi connectivity index (χ3v) is 5.33. The second kappa shape index (κ2) is 4.81. The number of fused-ring (bicyclic) bond motifs is 3. The second-order valence-corrected chi connectivity index (χ2v) is 6.66. The number of aromatic amines is 1. The molecule has 0 saturated carbocycles. The summed E-state index contributed by atoms with van der Waals surface area (Å²) in [5.74, 6) is 0.0229. The van der Waals surface area contributed by atoms with Gasteiger partial charge in [-0.05, 0) is 22.4 Å². The molecule has 0 atom stereocenters. The van der Waals surface area contributed by atoms with Gasteiger partial charge in [0.1, 0.15) is 28.0 Å². The first-order valence-electron chi connectivity index (χ1n) is 6.50. The molecule has 4 aromatic rings. The number of hydrogen-bond donors (Lipinski definition) is 3. The molecule has 4 aromatic heterocycles. The van der Waals surface area contributed by atoms with Crippen LogP contribution in [0.15, 0.2) is 27.7 Å². The van der Waals surface area contributed by atoms with Crippen LogP contribution in [0, 0.1) is 11.3 Å². The zero-order chi connectivity index (χ0) is 16.1. The minimum atomic E-state index is -0.415. The SMILES string of the molecule is N#Cc1c(N)nc2sc3c(O)cc(=O)[nH]c3c2c1-c1ccsc1. The highest BCUT2D eigenvalue weighted by Crippen LogP contribution is 2.43. The number of thiophene rings is 2. The number of nitrogens with zero attached hydrogens (tertiary/aromatic N) is 2. The number of aromatic hydroxyl groups is 1. The Bertz CT molecular complexity index is 1170. The molecule has 4 rings (SSSR count). The minimum absolute atomic E-state index is 0.111. The van der Waals surface area contributed by atoms with E-state index in [0.717, 1.165) is 11.6 Å². The van der Waals surface area contributed by atoms with Crippen molar-refractivity contribution in [2.45, 2.75) is 0 Å². The first-order valence-corrected chi connectivity index (χ1v) is 8.26. The van der Waals surface area contributed by atoms with Gasteiger partial charge in [0, 0.05) is 17.0 Å². The van der Waals surface area contributed by atoms with Crippen molar-refractivity contribution in [3.05, 3.63) is 38.8 Å². The summed E-state index contributed by atoms with van der Waals surface area (Å²) in [5, 5.41) is 24.0. The van der Waals surface area contributed by atoms with Gasteiger partial charge in [-0.25, -0.2) is 4.98 Å². The quantitative estimate of drug-likeness (QED) is 0.492. The van der Waals surface area contributed by atoms with Crippen LogP contribution in [0.25, 0.3) is 31.6 Å². The molecular weight excluding hydrogens is 332 g/mol. The number of aromatic nitrogens is 2. The molecule has 0 aliphatic carbocycles. The third-order valence-electron chi connectivity index (χ3n) is 3.54. The lowest BCUT2D eigenvalue weighted by Gasteiger charge is -2.07. The van der Waals surface area contributed by atoms with E-state index in [1.165, 1.54) is 22.7 Å². The van der Waals surface area contributed by atoms with Crippen molar-refractivity contribution in [2.24, 2.45) is 0 Å². The number of nitrogens with one attached hydrogen (secondary N) is 1.